The molecule has 0 radical (unpaired) electrons. The van der Waals surface area contributed by atoms with Crippen LogP contribution in [0.4, 0.5) is 11.5 Å². The van der Waals surface area contributed by atoms with Gasteiger partial charge >= 0.3 is 11.7 Å². The molecule has 1 rings (SSSR count). The third-order valence-electron chi connectivity index (χ3n) is 2.89. The summed E-state index contributed by atoms with van der Waals surface area (Å²) in [4.78, 5) is 24.8. The highest BCUT2D eigenvalue weighted by Gasteiger charge is 2.20. The lowest BCUT2D eigenvalue weighted by atomic mass is 10.2. The van der Waals surface area contributed by atoms with E-state index in [1.54, 1.807) is 0 Å². The van der Waals surface area contributed by atoms with Crippen LogP contribution in [0.2, 0.25) is 0 Å². The van der Waals surface area contributed by atoms with Crippen LogP contribution in [-0.2, 0) is 0 Å². The zero-order valence-corrected chi connectivity index (χ0v) is 12.7. The van der Waals surface area contributed by atoms with Crippen molar-refractivity contribution in [1.82, 2.24) is 4.98 Å². The van der Waals surface area contributed by atoms with Gasteiger partial charge in [0.05, 0.1) is 4.92 Å². The number of thioether (sulfide) groups is 1. The molecule has 1 aromatic heterocycles. The number of carboxylic acids is 1. The van der Waals surface area contributed by atoms with Gasteiger partial charge in [-0.1, -0.05) is 12.8 Å². The Bertz CT molecular complexity index is 496. The lowest BCUT2D eigenvalue weighted by Gasteiger charge is -2.06. The van der Waals surface area contributed by atoms with Gasteiger partial charge < -0.3 is 10.4 Å². The Morgan fingerprint density at radius 1 is 1.43 bits per heavy atom. The average molecular weight is 313 g/mol. The first-order valence-corrected chi connectivity index (χ1v) is 8.06. The summed E-state index contributed by atoms with van der Waals surface area (Å²) in [6.45, 7) is 0.670. The van der Waals surface area contributed by atoms with E-state index < -0.39 is 16.6 Å². The summed E-state index contributed by atoms with van der Waals surface area (Å²) in [7, 11) is 0. The van der Waals surface area contributed by atoms with Crippen molar-refractivity contribution in [3.8, 4) is 0 Å². The standard InChI is InChI=1S/C13H19N3O4S/c1-21-7-5-3-2-4-6-14-12-8-10(13(17)18)11(9-15-12)16(19)20/h8-9H,2-7H2,1H3,(H,14,15)(H,17,18). The molecule has 0 saturated heterocycles. The zero-order chi connectivity index (χ0) is 15.7. The number of aromatic carboxylic acids is 1. The molecule has 0 bridgehead atoms. The number of nitrogens with one attached hydrogen (secondary N) is 1. The first-order valence-electron chi connectivity index (χ1n) is 6.66. The van der Waals surface area contributed by atoms with Crippen LogP contribution < -0.4 is 5.32 Å². The van der Waals surface area contributed by atoms with Crippen molar-refractivity contribution in [1.29, 1.82) is 0 Å². The Balaban J connectivity index is 2.47. The number of carboxylic acid groups (broad SMARTS) is 1. The number of pyridine rings is 1. The molecule has 0 saturated carbocycles. The van der Waals surface area contributed by atoms with Crippen molar-refractivity contribution in [3.05, 3.63) is 27.9 Å². The quantitative estimate of drug-likeness (QED) is 0.388. The summed E-state index contributed by atoms with van der Waals surface area (Å²) in [5.74, 6) is 0.186. The highest BCUT2D eigenvalue weighted by atomic mass is 32.2. The van der Waals surface area contributed by atoms with Crippen LogP contribution in [-0.4, -0.2) is 39.5 Å². The van der Waals surface area contributed by atoms with Gasteiger partial charge in [-0.3, -0.25) is 10.1 Å². The molecule has 8 heteroatoms. The predicted molar refractivity (Wildman–Crippen MR) is 83.2 cm³/mol. The molecule has 2 N–H and O–H groups in total. The molecule has 0 fully saturated rings. The van der Waals surface area contributed by atoms with E-state index in [-0.39, 0.29) is 5.56 Å². The number of anilines is 1. The Morgan fingerprint density at radius 2 is 2.14 bits per heavy atom. The van der Waals surface area contributed by atoms with E-state index in [9.17, 15) is 14.9 Å². The number of carbonyl (C=O) groups is 1. The van der Waals surface area contributed by atoms with Crippen molar-refractivity contribution in [2.24, 2.45) is 0 Å². The lowest BCUT2D eigenvalue weighted by molar-refractivity contribution is -0.385. The van der Waals surface area contributed by atoms with Gasteiger partial charge in [0.25, 0.3) is 0 Å². The first-order chi connectivity index (χ1) is 10.1. The van der Waals surface area contributed by atoms with E-state index in [0.29, 0.717) is 12.4 Å². The topological polar surface area (TPSA) is 105 Å². The summed E-state index contributed by atoms with van der Waals surface area (Å²) in [6.07, 6.45) is 7.46. The minimum Gasteiger partial charge on any atom is -0.477 e. The van der Waals surface area contributed by atoms with E-state index in [1.807, 2.05) is 11.8 Å². The normalized spacial score (nSPS) is 10.3. The highest BCUT2D eigenvalue weighted by molar-refractivity contribution is 7.98. The highest BCUT2D eigenvalue weighted by Crippen LogP contribution is 2.20. The van der Waals surface area contributed by atoms with Crippen LogP contribution in [0.1, 0.15) is 36.0 Å². The molecule has 0 aliphatic heterocycles. The number of aromatic nitrogens is 1. The van der Waals surface area contributed by atoms with Gasteiger partial charge in [0.15, 0.2) is 0 Å². The predicted octanol–water partition coefficient (Wildman–Crippen LogP) is 3.02. The molecular formula is C13H19N3O4S. The first kappa shape index (κ1) is 17.2. The summed E-state index contributed by atoms with van der Waals surface area (Å²) < 4.78 is 0. The lowest BCUT2D eigenvalue weighted by Crippen LogP contribution is -2.08. The van der Waals surface area contributed by atoms with Gasteiger partial charge in [-0.15, -0.1) is 0 Å². The van der Waals surface area contributed by atoms with Gasteiger partial charge in [0.1, 0.15) is 17.6 Å². The van der Waals surface area contributed by atoms with Gasteiger partial charge in [0.2, 0.25) is 0 Å². The Labute approximate surface area is 127 Å². The monoisotopic (exact) mass is 313 g/mol. The summed E-state index contributed by atoms with van der Waals surface area (Å²) >= 11 is 1.83. The molecule has 0 aliphatic rings. The van der Waals surface area contributed by atoms with Crippen LogP contribution in [0, 0.1) is 10.1 Å². The molecule has 116 valence electrons. The third-order valence-corrected chi connectivity index (χ3v) is 3.59. The molecule has 1 aromatic rings. The number of nitro groups is 1. The number of hydrogen-bond donors (Lipinski definition) is 2. The molecule has 0 atom stereocenters. The van der Waals surface area contributed by atoms with Crippen LogP contribution in [0.25, 0.3) is 0 Å². The maximum Gasteiger partial charge on any atom is 0.342 e. The Morgan fingerprint density at radius 3 is 2.76 bits per heavy atom. The minimum absolute atomic E-state index is 0.349. The largest absolute Gasteiger partial charge is 0.477 e. The Kier molecular flexibility index (Phi) is 7.52. The molecule has 0 amide bonds. The fourth-order valence-corrected chi connectivity index (χ4v) is 2.30. The molecule has 0 aromatic carbocycles. The maximum atomic E-state index is 11.0. The Hall–Kier alpha value is -1.83. The van der Waals surface area contributed by atoms with Gasteiger partial charge in [-0.2, -0.15) is 11.8 Å². The van der Waals surface area contributed by atoms with Crippen LogP contribution >= 0.6 is 11.8 Å². The summed E-state index contributed by atoms with van der Waals surface area (Å²) in [6, 6.07) is 1.20. The molecule has 1 heterocycles. The second-order valence-electron chi connectivity index (χ2n) is 4.48. The average Bonchev–Trinajstić information content (AvgIpc) is 2.46. The van der Waals surface area contributed by atoms with E-state index >= 15 is 0 Å². The fraction of sp³-hybridized carbons (Fsp3) is 0.538. The number of rotatable bonds is 10. The number of nitrogens with zero attached hydrogens (tertiary/aromatic N) is 2. The molecule has 21 heavy (non-hydrogen) atoms. The van der Waals surface area contributed by atoms with E-state index in [4.69, 9.17) is 5.11 Å². The van der Waals surface area contributed by atoms with E-state index in [1.165, 1.54) is 18.2 Å². The molecule has 0 unspecified atom stereocenters. The van der Waals surface area contributed by atoms with Gasteiger partial charge in [-0.25, -0.2) is 9.78 Å². The summed E-state index contributed by atoms with van der Waals surface area (Å²) in [5, 5.41) is 22.7. The number of unbranched alkanes of at least 4 members (excludes halogenated alkanes) is 3. The van der Waals surface area contributed by atoms with Gasteiger partial charge in [-0.05, 0) is 24.9 Å². The molecular weight excluding hydrogens is 294 g/mol. The molecule has 0 aliphatic carbocycles. The van der Waals surface area contributed by atoms with Crippen molar-refractivity contribution >= 4 is 29.2 Å². The van der Waals surface area contributed by atoms with Gasteiger partial charge in [0, 0.05) is 12.6 Å². The van der Waals surface area contributed by atoms with E-state index in [2.05, 4.69) is 16.6 Å². The molecule has 0 spiro atoms. The van der Waals surface area contributed by atoms with Crippen molar-refractivity contribution in [2.75, 3.05) is 23.9 Å². The molecule has 7 nitrogen and oxygen atoms in total. The number of hydrogen-bond acceptors (Lipinski definition) is 6. The summed E-state index contributed by atoms with van der Waals surface area (Å²) in [5.41, 5.74) is -0.845. The van der Waals surface area contributed by atoms with Crippen molar-refractivity contribution in [2.45, 2.75) is 25.7 Å². The van der Waals surface area contributed by atoms with Crippen LogP contribution in [0.3, 0.4) is 0 Å². The maximum absolute atomic E-state index is 11.0. The minimum atomic E-state index is -1.33. The SMILES string of the molecule is CSCCCCCCNc1cc(C(=O)O)c([N+](=O)[O-])cn1. The zero-order valence-electron chi connectivity index (χ0n) is 11.9. The third kappa shape index (κ3) is 5.99. The van der Waals surface area contributed by atoms with E-state index in [0.717, 1.165) is 25.5 Å². The van der Waals surface area contributed by atoms with Crippen molar-refractivity contribution in [3.63, 3.8) is 0 Å². The smallest absolute Gasteiger partial charge is 0.342 e. The second kappa shape index (κ2) is 9.17. The van der Waals surface area contributed by atoms with Crippen LogP contribution in [0.5, 0.6) is 0 Å². The second-order valence-corrected chi connectivity index (χ2v) is 5.47. The fourth-order valence-electron chi connectivity index (χ4n) is 1.80. The van der Waals surface area contributed by atoms with Crippen LogP contribution in [0.15, 0.2) is 12.3 Å². The van der Waals surface area contributed by atoms with Crippen molar-refractivity contribution < 1.29 is 14.8 Å².